The lowest BCUT2D eigenvalue weighted by Crippen LogP contribution is -2.41. The number of benzene rings is 2. The molecule has 6 heteroatoms. The summed E-state index contributed by atoms with van der Waals surface area (Å²) in [6, 6.07) is 13.7. The fourth-order valence-corrected chi connectivity index (χ4v) is 2.09. The van der Waals surface area contributed by atoms with Gasteiger partial charge in [-0.25, -0.2) is 0 Å². The van der Waals surface area contributed by atoms with Crippen molar-refractivity contribution in [1.29, 1.82) is 0 Å². The Kier molecular flexibility index (Phi) is 5.76. The molecular weight excluding hydrogens is 395 g/mol. The van der Waals surface area contributed by atoms with Gasteiger partial charge in [0.1, 0.15) is 5.75 Å². The zero-order chi connectivity index (χ0) is 15.9. The molecule has 2 aromatic rings. The summed E-state index contributed by atoms with van der Waals surface area (Å²) in [5.41, 5.74) is 5.68. The summed E-state index contributed by atoms with van der Waals surface area (Å²) in [5.74, 6) is -0.0560. The van der Waals surface area contributed by atoms with Gasteiger partial charge in [-0.2, -0.15) is 0 Å². The van der Waals surface area contributed by atoms with E-state index in [9.17, 15) is 9.59 Å². The van der Waals surface area contributed by atoms with Crippen molar-refractivity contribution < 1.29 is 14.3 Å². The third kappa shape index (κ3) is 4.45. The molecule has 2 amide bonds. The highest BCUT2D eigenvalue weighted by Gasteiger charge is 2.09. The standard InChI is InChI=1S/C16H15IN2O3/c1-2-22-14-9-5-12(6-10-14)16(21)19-18-15(20)11-3-7-13(17)8-4-11/h3-10H,2H2,1H3,(H,18,20)(H,19,21). The summed E-state index contributed by atoms with van der Waals surface area (Å²) < 4.78 is 6.34. The van der Waals surface area contributed by atoms with E-state index in [1.54, 1.807) is 36.4 Å². The molecule has 0 heterocycles. The maximum absolute atomic E-state index is 11.9. The minimum Gasteiger partial charge on any atom is -0.494 e. The van der Waals surface area contributed by atoms with Crippen LogP contribution in [0, 0.1) is 3.57 Å². The Morgan fingerprint density at radius 1 is 0.909 bits per heavy atom. The van der Waals surface area contributed by atoms with Gasteiger partial charge in [0.05, 0.1) is 6.61 Å². The monoisotopic (exact) mass is 410 g/mol. The molecule has 0 unspecified atom stereocenters. The first-order valence-electron chi connectivity index (χ1n) is 6.69. The number of carbonyl (C=O) groups excluding carboxylic acids is 2. The quantitative estimate of drug-likeness (QED) is 0.602. The number of rotatable bonds is 4. The van der Waals surface area contributed by atoms with Gasteiger partial charge in [0, 0.05) is 14.7 Å². The van der Waals surface area contributed by atoms with Crippen molar-refractivity contribution in [3.8, 4) is 5.75 Å². The van der Waals surface area contributed by atoms with Crippen molar-refractivity contribution in [2.75, 3.05) is 6.61 Å². The Bertz CT molecular complexity index is 654. The predicted octanol–water partition coefficient (Wildman–Crippen LogP) is 2.76. The van der Waals surface area contributed by atoms with Gasteiger partial charge in [-0.3, -0.25) is 20.4 Å². The SMILES string of the molecule is CCOc1ccc(C(=O)NNC(=O)c2ccc(I)cc2)cc1. The predicted molar refractivity (Wildman–Crippen MR) is 91.7 cm³/mol. The molecule has 0 aromatic heterocycles. The van der Waals surface area contributed by atoms with Crippen LogP contribution in [0.2, 0.25) is 0 Å². The van der Waals surface area contributed by atoms with E-state index < -0.39 is 0 Å². The van der Waals surface area contributed by atoms with Gasteiger partial charge >= 0.3 is 0 Å². The van der Waals surface area contributed by atoms with E-state index in [4.69, 9.17) is 4.74 Å². The summed E-state index contributed by atoms with van der Waals surface area (Å²) in [7, 11) is 0. The Morgan fingerprint density at radius 2 is 1.36 bits per heavy atom. The van der Waals surface area contributed by atoms with Gasteiger partial charge in [0.15, 0.2) is 0 Å². The van der Waals surface area contributed by atoms with Crippen LogP contribution in [0.25, 0.3) is 0 Å². The van der Waals surface area contributed by atoms with E-state index in [0.29, 0.717) is 23.5 Å². The normalized spacial score (nSPS) is 9.91. The zero-order valence-corrected chi connectivity index (χ0v) is 14.1. The number of nitrogens with one attached hydrogen (secondary N) is 2. The molecular formula is C16H15IN2O3. The molecule has 0 fully saturated rings. The largest absolute Gasteiger partial charge is 0.494 e. The van der Waals surface area contributed by atoms with Gasteiger partial charge in [-0.1, -0.05) is 0 Å². The zero-order valence-electron chi connectivity index (χ0n) is 11.9. The maximum Gasteiger partial charge on any atom is 0.269 e. The molecule has 114 valence electrons. The molecule has 2 rings (SSSR count). The number of hydrogen-bond acceptors (Lipinski definition) is 3. The number of amides is 2. The summed E-state index contributed by atoms with van der Waals surface area (Å²) in [6.07, 6.45) is 0. The molecule has 22 heavy (non-hydrogen) atoms. The smallest absolute Gasteiger partial charge is 0.269 e. The Morgan fingerprint density at radius 3 is 1.82 bits per heavy atom. The molecule has 0 aliphatic carbocycles. The summed E-state index contributed by atoms with van der Waals surface area (Å²) in [6.45, 7) is 2.46. The summed E-state index contributed by atoms with van der Waals surface area (Å²) in [5, 5.41) is 0. The van der Waals surface area contributed by atoms with E-state index >= 15 is 0 Å². The lowest BCUT2D eigenvalue weighted by atomic mass is 10.2. The fraction of sp³-hybridized carbons (Fsp3) is 0.125. The van der Waals surface area contributed by atoms with Crippen LogP contribution in [0.4, 0.5) is 0 Å². The molecule has 0 radical (unpaired) electrons. The lowest BCUT2D eigenvalue weighted by molar-refractivity contribution is 0.0846. The van der Waals surface area contributed by atoms with Crippen LogP contribution >= 0.6 is 22.6 Å². The first-order chi connectivity index (χ1) is 10.6. The van der Waals surface area contributed by atoms with Crippen molar-refractivity contribution >= 4 is 34.4 Å². The third-order valence-corrected chi connectivity index (χ3v) is 3.54. The Labute approximate surface area is 142 Å². The van der Waals surface area contributed by atoms with Gasteiger partial charge < -0.3 is 4.74 Å². The van der Waals surface area contributed by atoms with Crippen molar-refractivity contribution in [2.45, 2.75) is 6.92 Å². The van der Waals surface area contributed by atoms with E-state index in [0.717, 1.165) is 3.57 Å². The molecule has 0 aliphatic heterocycles. The molecule has 0 spiro atoms. The summed E-state index contributed by atoms with van der Waals surface area (Å²) >= 11 is 2.16. The number of hydrazine groups is 1. The maximum atomic E-state index is 11.9. The molecule has 2 aromatic carbocycles. The highest BCUT2D eigenvalue weighted by atomic mass is 127. The van der Waals surface area contributed by atoms with E-state index in [2.05, 4.69) is 33.4 Å². The highest BCUT2D eigenvalue weighted by Crippen LogP contribution is 2.11. The topological polar surface area (TPSA) is 67.4 Å². The molecule has 0 aliphatic rings. The molecule has 0 bridgehead atoms. The number of hydrogen-bond donors (Lipinski definition) is 2. The van der Waals surface area contributed by atoms with E-state index in [-0.39, 0.29) is 11.8 Å². The van der Waals surface area contributed by atoms with Crippen molar-refractivity contribution in [3.05, 3.63) is 63.2 Å². The van der Waals surface area contributed by atoms with Crippen molar-refractivity contribution in [3.63, 3.8) is 0 Å². The number of carbonyl (C=O) groups is 2. The van der Waals surface area contributed by atoms with E-state index in [1.165, 1.54) is 0 Å². The average Bonchev–Trinajstić information content (AvgIpc) is 2.54. The van der Waals surface area contributed by atoms with Gasteiger partial charge in [-0.15, -0.1) is 0 Å². The average molecular weight is 410 g/mol. The van der Waals surface area contributed by atoms with Crippen LogP contribution in [-0.4, -0.2) is 18.4 Å². The second-order valence-corrected chi connectivity index (χ2v) is 5.62. The first-order valence-corrected chi connectivity index (χ1v) is 7.77. The minimum absolute atomic E-state index is 0.365. The van der Waals surface area contributed by atoms with Crippen LogP contribution in [0.1, 0.15) is 27.6 Å². The van der Waals surface area contributed by atoms with Crippen LogP contribution in [0.5, 0.6) is 5.75 Å². The number of halogens is 1. The highest BCUT2D eigenvalue weighted by molar-refractivity contribution is 14.1. The van der Waals surface area contributed by atoms with Crippen LogP contribution in [-0.2, 0) is 0 Å². The molecule has 0 saturated carbocycles. The molecule has 2 N–H and O–H groups in total. The lowest BCUT2D eigenvalue weighted by Gasteiger charge is -2.08. The van der Waals surface area contributed by atoms with Crippen molar-refractivity contribution in [2.24, 2.45) is 0 Å². The third-order valence-electron chi connectivity index (χ3n) is 2.82. The van der Waals surface area contributed by atoms with Crippen LogP contribution < -0.4 is 15.6 Å². The first kappa shape index (κ1) is 16.3. The fourth-order valence-electron chi connectivity index (χ4n) is 1.73. The molecule has 5 nitrogen and oxygen atoms in total. The molecule has 0 atom stereocenters. The second-order valence-electron chi connectivity index (χ2n) is 4.37. The van der Waals surface area contributed by atoms with E-state index in [1.807, 2.05) is 19.1 Å². The van der Waals surface area contributed by atoms with Gasteiger partial charge in [0.2, 0.25) is 0 Å². The second kappa shape index (κ2) is 7.79. The van der Waals surface area contributed by atoms with Crippen LogP contribution in [0.15, 0.2) is 48.5 Å². The summed E-state index contributed by atoms with van der Waals surface area (Å²) in [4.78, 5) is 23.8. The Balaban J connectivity index is 1.91. The Hall–Kier alpha value is -2.09. The van der Waals surface area contributed by atoms with Crippen LogP contribution in [0.3, 0.4) is 0 Å². The van der Waals surface area contributed by atoms with Gasteiger partial charge in [0.25, 0.3) is 11.8 Å². The molecule has 0 saturated heterocycles. The minimum atomic E-state index is -0.387. The number of ether oxygens (including phenoxy) is 1. The van der Waals surface area contributed by atoms with Crippen molar-refractivity contribution in [1.82, 2.24) is 10.9 Å². The van der Waals surface area contributed by atoms with Gasteiger partial charge in [-0.05, 0) is 78.0 Å².